The minimum atomic E-state index is -5.16. The Hall–Kier alpha value is -1.31. The van der Waals surface area contributed by atoms with Crippen LogP contribution >= 0.6 is 0 Å². The van der Waals surface area contributed by atoms with Gasteiger partial charge in [-0.3, -0.25) is 4.98 Å². The maximum absolute atomic E-state index is 12.3. The van der Waals surface area contributed by atoms with E-state index < -0.39 is 29.7 Å². The molecule has 8 heteroatoms. The second-order valence-electron chi connectivity index (χ2n) is 2.88. The van der Waals surface area contributed by atoms with Gasteiger partial charge in [0.05, 0.1) is 0 Å². The number of aliphatic hydroxyl groups excluding tert-OH is 1. The van der Waals surface area contributed by atoms with E-state index in [9.17, 15) is 26.3 Å². The molecule has 0 aliphatic heterocycles. The van der Waals surface area contributed by atoms with E-state index in [2.05, 4.69) is 4.98 Å². The van der Waals surface area contributed by atoms with Crippen molar-refractivity contribution >= 4 is 0 Å². The molecule has 0 unspecified atom stereocenters. The van der Waals surface area contributed by atoms with Crippen molar-refractivity contribution in [2.24, 2.45) is 0 Å². The van der Waals surface area contributed by atoms with Crippen LogP contribution in [0.15, 0.2) is 18.3 Å². The van der Waals surface area contributed by atoms with E-state index in [4.69, 9.17) is 5.11 Å². The average molecular weight is 245 g/mol. The van der Waals surface area contributed by atoms with E-state index in [-0.39, 0.29) is 0 Å². The number of hydrogen-bond donors (Lipinski definition) is 1. The molecule has 1 aromatic heterocycles. The lowest BCUT2D eigenvalue weighted by atomic mass is 10.1. The van der Waals surface area contributed by atoms with Crippen molar-refractivity contribution in [2.75, 3.05) is 0 Å². The molecule has 0 aromatic carbocycles. The standard InChI is InChI=1S/C8H5F6NO/c9-7(10,11)5-4(2-1-3-15-5)6(16)8(12,13)14/h1-3,6,16H/t6-/m0/s1. The Kier molecular flexibility index (Phi) is 3.13. The van der Waals surface area contributed by atoms with Crippen LogP contribution in [-0.2, 0) is 6.18 Å². The monoisotopic (exact) mass is 245 g/mol. The summed E-state index contributed by atoms with van der Waals surface area (Å²) in [6, 6.07) is 1.42. The Morgan fingerprint density at radius 3 is 2.12 bits per heavy atom. The van der Waals surface area contributed by atoms with Crippen LogP contribution in [0.4, 0.5) is 26.3 Å². The molecule has 0 amide bonds. The van der Waals surface area contributed by atoms with Gasteiger partial charge in [0.15, 0.2) is 11.8 Å². The number of pyridine rings is 1. The van der Waals surface area contributed by atoms with Gasteiger partial charge in [-0.15, -0.1) is 0 Å². The fourth-order valence-corrected chi connectivity index (χ4v) is 1.05. The first-order valence-electron chi connectivity index (χ1n) is 3.91. The number of nitrogens with zero attached hydrogens (tertiary/aromatic N) is 1. The largest absolute Gasteiger partial charge is 0.433 e. The van der Waals surface area contributed by atoms with Crippen molar-refractivity contribution in [2.45, 2.75) is 18.5 Å². The van der Waals surface area contributed by atoms with Crippen molar-refractivity contribution in [1.82, 2.24) is 4.98 Å². The van der Waals surface area contributed by atoms with Gasteiger partial charge in [0, 0.05) is 11.8 Å². The topological polar surface area (TPSA) is 33.1 Å². The van der Waals surface area contributed by atoms with Crippen molar-refractivity contribution in [3.63, 3.8) is 0 Å². The lowest BCUT2D eigenvalue weighted by Crippen LogP contribution is -2.24. The second kappa shape index (κ2) is 3.93. The third-order valence-corrected chi connectivity index (χ3v) is 1.71. The first-order valence-corrected chi connectivity index (χ1v) is 3.91. The molecule has 0 fully saturated rings. The molecular formula is C8H5F6NO. The molecule has 1 aromatic rings. The number of halogens is 6. The SMILES string of the molecule is O[C@@H](c1cccnc1C(F)(F)F)C(F)(F)F. The third-order valence-electron chi connectivity index (χ3n) is 1.71. The van der Waals surface area contributed by atoms with Crippen LogP contribution in [-0.4, -0.2) is 16.3 Å². The zero-order valence-electron chi connectivity index (χ0n) is 7.47. The molecule has 90 valence electrons. The average Bonchev–Trinajstić information content (AvgIpc) is 2.14. The molecule has 1 atom stereocenters. The molecule has 0 aliphatic carbocycles. The van der Waals surface area contributed by atoms with Gasteiger partial charge in [-0.25, -0.2) is 0 Å². The molecule has 0 saturated heterocycles. The fourth-order valence-electron chi connectivity index (χ4n) is 1.05. The molecule has 0 spiro atoms. The quantitative estimate of drug-likeness (QED) is 0.771. The summed E-state index contributed by atoms with van der Waals surface area (Å²) in [5.74, 6) is 0. The van der Waals surface area contributed by atoms with Gasteiger partial charge in [-0.1, -0.05) is 6.07 Å². The minimum absolute atomic E-state index is 0.536. The highest BCUT2D eigenvalue weighted by atomic mass is 19.4. The number of rotatable bonds is 1. The van der Waals surface area contributed by atoms with Crippen LogP contribution in [0.2, 0.25) is 0 Å². The van der Waals surface area contributed by atoms with Gasteiger partial charge in [-0.2, -0.15) is 26.3 Å². The van der Waals surface area contributed by atoms with E-state index in [1.807, 2.05) is 0 Å². The highest BCUT2D eigenvalue weighted by Gasteiger charge is 2.45. The summed E-state index contributed by atoms with van der Waals surface area (Å²) in [7, 11) is 0. The third kappa shape index (κ3) is 2.63. The molecule has 0 bridgehead atoms. The molecular weight excluding hydrogens is 240 g/mol. The van der Waals surface area contributed by atoms with Crippen LogP contribution in [0, 0.1) is 0 Å². The fraction of sp³-hybridized carbons (Fsp3) is 0.375. The van der Waals surface area contributed by atoms with Crippen LogP contribution < -0.4 is 0 Å². The van der Waals surface area contributed by atoms with Crippen molar-refractivity contribution in [1.29, 1.82) is 0 Å². The van der Waals surface area contributed by atoms with Gasteiger partial charge in [0.2, 0.25) is 0 Å². The van der Waals surface area contributed by atoms with Gasteiger partial charge in [-0.05, 0) is 6.07 Å². The summed E-state index contributed by atoms with van der Waals surface area (Å²) in [4.78, 5) is 2.80. The summed E-state index contributed by atoms with van der Waals surface area (Å²) in [6.07, 6.45) is -12.7. The summed E-state index contributed by atoms with van der Waals surface area (Å²) < 4.78 is 72.9. The zero-order valence-corrected chi connectivity index (χ0v) is 7.47. The number of aromatic nitrogens is 1. The van der Waals surface area contributed by atoms with Gasteiger partial charge in [0.25, 0.3) is 0 Å². The van der Waals surface area contributed by atoms with Crippen molar-refractivity contribution in [3.05, 3.63) is 29.6 Å². The molecule has 0 saturated carbocycles. The van der Waals surface area contributed by atoms with E-state index in [0.29, 0.717) is 12.3 Å². The zero-order chi connectivity index (χ0) is 12.6. The Labute approximate surface area is 85.5 Å². The second-order valence-corrected chi connectivity index (χ2v) is 2.88. The minimum Gasteiger partial charge on any atom is -0.379 e. The number of aliphatic hydroxyl groups is 1. The van der Waals surface area contributed by atoms with Crippen molar-refractivity contribution < 1.29 is 31.4 Å². The van der Waals surface area contributed by atoms with E-state index in [1.54, 1.807) is 0 Å². The maximum atomic E-state index is 12.3. The van der Waals surface area contributed by atoms with Crippen LogP contribution in [0.5, 0.6) is 0 Å². The first-order chi connectivity index (χ1) is 7.14. The summed E-state index contributed by atoms with van der Waals surface area (Å²) in [5, 5.41) is 8.74. The smallest absolute Gasteiger partial charge is 0.379 e. The van der Waals surface area contributed by atoms with Crippen LogP contribution in [0.1, 0.15) is 17.4 Å². The molecule has 0 radical (unpaired) electrons. The van der Waals surface area contributed by atoms with E-state index in [1.165, 1.54) is 0 Å². The molecule has 16 heavy (non-hydrogen) atoms. The van der Waals surface area contributed by atoms with Crippen LogP contribution in [0.25, 0.3) is 0 Å². The lowest BCUT2D eigenvalue weighted by molar-refractivity contribution is -0.209. The predicted octanol–water partition coefficient (Wildman–Crippen LogP) is 2.70. The Bertz CT molecular complexity index is 372. The maximum Gasteiger partial charge on any atom is 0.433 e. The van der Waals surface area contributed by atoms with Gasteiger partial charge in [0.1, 0.15) is 0 Å². The summed E-state index contributed by atoms with van der Waals surface area (Å²) >= 11 is 0. The molecule has 1 rings (SSSR count). The molecule has 1 N–H and O–H groups in total. The predicted molar refractivity (Wildman–Crippen MR) is 40.3 cm³/mol. The van der Waals surface area contributed by atoms with Crippen molar-refractivity contribution in [3.8, 4) is 0 Å². The summed E-state index contributed by atoms with van der Waals surface area (Å²) in [5.41, 5.74) is -3.04. The van der Waals surface area contributed by atoms with Crippen LogP contribution in [0.3, 0.4) is 0 Å². The number of alkyl halides is 6. The lowest BCUT2D eigenvalue weighted by Gasteiger charge is -2.18. The Morgan fingerprint density at radius 1 is 1.12 bits per heavy atom. The number of hydrogen-bond acceptors (Lipinski definition) is 2. The highest BCUT2D eigenvalue weighted by molar-refractivity contribution is 5.25. The van der Waals surface area contributed by atoms with Gasteiger partial charge < -0.3 is 5.11 Å². The highest BCUT2D eigenvalue weighted by Crippen LogP contribution is 2.38. The Balaban J connectivity index is 3.25. The summed E-state index contributed by atoms with van der Waals surface area (Å²) in [6.45, 7) is 0. The Morgan fingerprint density at radius 2 is 1.69 bits per heavy atom. The molecule has 0 aliphatic rings. The molecule has 1 heterocycles. The normalized spacial score (nSPS) is 14.9. The molecule has 2 nitrogen and oxygen atoms in total. The van der Waals surface area contributed by atoms with E-state index >= 15 is 0 Å². The van der Waals surface area contributed by atoms with E-state index in [0.717, 1.165) is 6.07 Å². The first kappa shape index (κ1) is 12.8. The van der Waals surface area contributed by atoms with Gasteiger partial charge >= 0.3 is 12.4 Å².